The van der Waals surface area contributed by atoms with E-state index < -0.39 is 0 Å². The summed E-state index contributed by atoms with van der Waals surface area (Å²) >= 11 is 0. The van der Waals surface area contributed by atoms with Crippen molar-refractivity contribution < 1.29 is 0 Å². The van der Waals surface area contributed by atoms with Gasteiger partial charge < -0.3 is 16.0 Å². The maximum atomic E-state index is 6.29. The lowest BCUT2D eigenvalue weighted by Gasteiger charge is -2.34. The number of fused-ring (bicyclic) bond motifs is 1. The number of nitrogens with two attached hydrogens (primary N) is 1. The fourth-order valence-electron chi connectivity index (χ4n) is 5.22. The summed E-state index contributed by atoms with van der Waals surface area (Å²) in [7, 11) is 0. The van der Waals surface area contributed by atoms with Gasteiger partial charge >= 0.3 is 0 Å². The smallest absolute Gasteiger partial charge is 0.128 e. The van der Waals surface area contributed by atoms with Crippen LogP contribution in [0.4, 0.5) is 5.82 Å². The Kier molecular flexibility index (Phi) is 5.73. The summed E-state index contributed by atoms with van der Waals surface area (Å²) in [6, 6.07) is 7.63. The van der Waals surface area contributed by atoms with Crippen LogP contribution in [0.1, 0.15) is 55.9 Å². The molecule has 5 heterocycles. The Labute approximate surface area is 178 Å². The van der Waals surface area contributed by atoms with Crippen molar-refractivity contribution in [2.75, 3.05) is 24.5 Å². The molecule has 3 fully saturated rings. The molecular weight excluding hydrogens is 376 g/mol. The number of hydrogen-bond donors (Lipinski definition) is 4. The lowest BCUT2D eigenvalue weighted by molar-refractivity contribution is 0.265. The van der Waals surface area contributed by atoms with Gasteiger partial charge in [-0.3, -0.25) is 10.1 Å². The standard InChI is InChI=1S/C22H34N8/c1-2-30-13-15(11-25-30)19-10-17-20(12-24-19)27-28-22(17)18-7-5-8-21(26-18)29-9-4-3-6-16(23)14-29/h5,7-8,11,13,16-17,19-20,22,24,27-28H,2-4,6,9-10,12,14,23H2,1H3. The van der Waals surface area contributed by atoms with Gasteiger partial charge in [0.15, 0.2) is 0 Å². The van der Waals surface area contributed by atoms with Crippen molar-refractivity contribution in [3.63, 3.8) is 0 Å². The second kappa shape index (κ2) is 8.63. The minimum absolute atomic E-state index is 0.210. The first kappa shape index (κ1) is 19.9. The van der Waals surface area contributed by atoms with Gasteiger partial charge in [-0.1, -0.05) is 12.5 Å². The predicted molar refractivity (Wildman–Crippen MR) is 118 cm³/mol. The zero-order valence-electron chi connectivity index (χ0n) is 17.8. The second-order valence-electron chi connectivity index (χ2n) is 8.99. The van der Waals surface area contributed by atoms with Crippen LogP contribution in [-0.2, 0) is 6.54 Å². The molecule has 162 valence electrons. The number of piperidine rings is 1. The lowest BCUT2D eigenvalue weighted by Crippen LogP contribution is -2.46. The number of rotatable bonds is 4. The molecule has 30 heavy (non-hydrogen) atoms. The molecule has 5 atom stereocenters. The summed E-state index contributed by atoms with van der Waals surface area (Å²) in [5, 5.41) is 8.16. The van der Waals surface area contributed by atoms with Gasteiger partial charge in [0.05, 0.1) is 17.9 Å². The van der Waals surface area contributed by atoms with Crippen LogP contribution in [0.25, 0.3) is 0 Å². The van der Waals surface area contributed by atoms with E-state index in [-0.39, 0.29) is 12.1 Å². The maximum absolute atomic E-state index is 6.29. The number of aromatic nitrogens is 3. The van der Waals surface area contributed by atoms with Crippen molar-refractivity contribution in [3.05, 3.63) is 41.9 Å². The second-order valence-corrected chi connectivity index (χ2v) is 8.99. The Morgan fingerprint density at radius 2 is 2.17 bits per heavy atom. The van der Waals surface area contributed by atoms with Crippen molar-refractivity contribution in [1.29, 1.82) is 0 Å². The van der Waals surface area contributed by atoms with Crippen LogP contribution >= 0.6 is 0 Å². The number of hydrazine groups is 1. The summed E-state index contributed by atoms with van der Waals surface area (Å²) in [5.41, 5.74) is 15.7. The monoisotopic (exact) mass is 410 g/mol. The van der Waals surface area contributed by atoms with Crippen LogP contribution in [-0.4, -0.2) is 46.5 Å². The molecule has 2 aromatic rings. The molecular formula is C22H34N8. The molecule has 0 aromatic carbocycles. The Morgan fingerprint density at radius 3 is 3.03 bits per heavy atom. The Morgan fingerprint density at radius 1 is 1.23 bits per heavy atom. The summed E-state index contributed by atoms with van der Waals surface area (Å²) in [4.78, 5) is 7.46. The SMILES string of the molecule is CCn1cc(C2CC3C(CN2)NNC3c2cccc(N3CCCCC(N)C3)n2)cn1. The van der Waals surface area contributed by atoms with E-state index in [0.717, 1.165) is 50.5 Å². The summed E-state index contributed by atoms with van der Waals surface area (Å²) in [6.07, 6.45) is 8.74. The van der Waals surface area contributed by atoms with E-state index in [4.69, 9.17) is 10.7 Å². The molecule has 0 saturated carbocycles. The number of pyridine rings is 1. The number of hydrogen-bond acceptors (Lipinski definition) is 7. The number of nitrogens with one attached hydrogen (secondary N) is 3. The third-order valence-corrected chi connectivity index (χ3v) is 6.95. The maximum Gasteiger partial charge on any atom is 0.128 e. The van der Waals surface area contributed by atoms with E-state index in [1.807, 2.05) is 10.9 Å². The van der Waals surface area contributed by atoms with Crippen LogP contribution in [0.15, 0.2) is 30.6 Å². The van der Waals surface area contributed by atoms with Gasteiger partial charge in [0.1, 0.15) is 5.82 Å². The van der Waals surface area contributed by atoms with Gasteiger partial charge in [0.2, 0.25) is 0 Å². The zero-order chi connectivity index (χ0) is 20.5. The number of anilines is 1. The van der Waals surface area contributed by atoms with E-state index in [0.29, 0.717) is 18.0 Å². The van der Waals surface area contributed by atoms with E-state index in [9.17, 15) is 0 Å². The largest absolute Gasteiger partial charge is 0.355 e. The van der Waals surface area contributed by atoms with Gasteiger partial charge in [-0.05, 0) is 38.3 Å². The van der Waals surface area contributed by atoms with Crippen molar-refractivity contribution in [2.45, 2.75) is 63.3 Å². The van der Waals surface area contributed by atoms with Gasteiger partial charge in [0.25, 0.3) is 0 Å². The predicted octanol–water partition coefficient (Wildman–Crippen LogP) is 1.48. The third-order valence-electron chi connectivity index (χ3n) is 6.95. The Balaban J connectivity index is 1.34. The minimum Gasteiger partial charge on any atom is -0.355 e. The molecule has 0 aliphatic carbocycles. The molecule has 8 nitrogen and oxygen atoms in total. The van der Waals surface area contributed by atoms with Crippen LogP contribution in [0.5, 0.6) is 0 Å². The first-order chi connectivity index (χ1) is 14.7. The number of aryl methyl sites for hydroxylation is 1. The first-order valence-corrected chi connectivity index (χ1v) is 11.5. The van der Waals surface area contributed by atoms with Crippen molar-refractivity contribution >= 4 is 5.82 Å². The fourth-order valence-corrected chi connectivity index (χ4v) is 5.22. The fraction of sp³-hybridized carbons (Fsp3) is 0.636. The van der Waals surface area contributed by atoms with Gasteiger partial charge in [-0.25, -0.2) is 10.4 Å². The molecule has 3 aliphatic rings. The lowest BCUT2D eigenvalue weighted by atomic mass is 9.82. The molecule has 8 heteroatoms. The van der Waals surface area contributed by atoms with E-state index >= 15 is 0 Å². The third kappa shape index (κ3) is 3.97. The summed E-state index contributed by atoms with van der Waals surface area (Å²) in [5.74, 6) is 1.54. The average Bonchev–Trinajstić information content (AvgIpc) is 3.37. The zero-order valence-corrected chi connectivity index (χ0v) is 17.8. The Bertz CT molecular complexity index is 851. The van der Waals surface area contributed by atoms with Crippen molar-refractivity contribution in [3.8, 4) is 0 Å². The van der Waals surface area contributed by atoms with E-state index in [1.54, 1.807) is 0 Å². The van der Waals surface area contributed by atoms with Gasteiger partial charge in [-0.2, -0.15) is 5.10 Å². The molecule has 5 N–H and O–H groups in total. The molecule has 0 radical (unpaired) electrons. The van der Waals surface area contributed by atoms with Crippen LogP contribution in [0.2, 0.25) is 0 Å². The van der Waals surface area contributed by atoms with Crippen molar-refractivity contribution in [2.24, 2.45) is 11.7 Å². The molecule has 3 saturated heterocycles. The Hall–Kier alpha value is -2.00. The molecule has 3 aliphatic heterocycles. The molecule has 0 bridgehead atoms. The topological polar surface area (TPSA) is 96.1 Å². The minimum atomic E-state index is 0.210. The quantitative estimate of drug-likeness (QED) is 0.606. The molecule has 0 amide bonds. The summed E-state index contributed by atoms with van der Waals surface area (Å²) < 4.78 is 2.00. The molecule has 0 spiro atoms. The first-order valence-electron chi connectivity index (χ1n) is 11.5. The normalized spacial score (nSPS) is 32.1. The molecule has 2 aromatic heterocycles. The van der Waals surface area contributed by atoms with Crippen LogP contribution in [0.3, 0.4) is 0 Å². The highest BCUT2D eigenvalue weighted by Crippen LogP contribution is 2.38. The molecule has 5 unspecified atom stereocenters. The molecule has 5 rings (SSSR count). The highest BCUT2D eigenvalue weighted by molar-refractivity contribution is 5.40. The van der Waals surface area contributed by atoms with Gasteiger partial charge in [-0.15, -0.1) is 0 Å². The summed E-state index contributed by atoms with van der Waals surface area (Å²) in [6.45, 7) is 5.90. The highest BCUT2D eigenvalue weighted by Gasteiger charge is 2.42. The van der Waals surface area contributed by atoms with Crippen LogP contribution in [0, 0.1) is 5.92 Å². The average molecular weight is 411 g/mol. The van der Waals surface area contributed by atoms with E-state index in [1.165, 1.54) is 18.4 Å². The van der Waals surface area contributed by atoms with Gasteiger partial charge in [0, 0.05) is 62.0 Å². The van der Waals surface area contributed by atoms with Crippen LogP contribution < -0.4 is 26.8 Å². The van der Waals surface area contributed by atoms with E-state index in [2.05, 4.69) is 57.5 Å². The highest BCUT2D eigenvalue weighted by atomic mass is 15.4. The van der Waals surface area contributed by atoms with Crippen molar-refractivity contribution in [1.82, 2.24) is 30.9 Å². The number of nitrogens with zero attached hydrogens (tertiary/aromatic N) is 4.